The van der Waals surface area contributed by atoms with Crippen molar-refractivity contribution in [3.8, 4) is 0 Å². The molecule has 1 fully saturated rings. The molecule has 0 bridgehead atoms. The number of amides is 1. The summed E-state index contributed by atoms with van der Waals surface area (Å²) in [6, 6.07) is 3.44. The highest BCUT2D eigenvalue weighted by molar-refractivity contribution is 5.92. The van der Waals surface area contributed by atoms with Crippen molar-refractivity contribution in [1.29, 1.82) is 0 Å². The van der Waals surface area contributed by atoms with E-state index in [0.717, 1.165) is 39.0 Å². The summed E-state index contributed by atoms with van der Waals surface area (Å²) in [6.07, 6.45) is 2.30. The van der Waals surface area contributed by atoms with Gasteiger partial charge >= 0.3 is 0 Å². The van der Waals surface area contributed by atoms with Crippen molar-refractivity contribution in [3.63, 3.8) is 0 Å². The van der Waals surface area contributed by atoms with Gasteiger partial charge in [0.15, 0.2) is 5.69 Å². The molecule has 1 amide bonds. The SMILES string of the molecule is CCN1CCC(CNC(=O)c2ccc(NC)nn2)CC1. The van der Waals surface area contributed by atoms with E-state index in [0.29, 0.717) is 17.4 Å². The molecule has 2 rings (SSSR count). The Hall–Kier alpha value is -1.69. The van der Waals surface area contributed by atoms with Crippen LogP contribution < -0.4 is 10.6 Å². The molecule has 0 radical (unpaired) electrons. The summed E-state index contributed by atoms with van der Waals surface area (Å²) in [5.41, 5.74) is 0.370. The maximum absolute atomic E-state index is 12.0. The minimum Gasteiger partial charge on any atom is -0.372 e. The first-order valence-corrected chi connectivity index (χ1v) is 7.25. The Kier molecular flexibility index (Phi) is 5.29. The van der Waals surface area contributed by atoms with Gasteiger partial charge in [0.25, 0.3) is 5.91 Å². The van der Waals surface area contributed by atoms with Crippen molar-refractivity contribution < 1.29 is 4.79 Å². The minimum atomic E-state index is -0.141. The number of nitrogens with zero attached hydrogens (tertiary/aromatic N) is 3. The molecule has 20 heavy (non-hydrogen) atoms. The van der Waals surface area contributed by atoms with Crippen LogP contribution in [0.4, 0.5) is 5.82 Å². The zero-order chi connectivity index (χ0) is 14.4. The van der Waals surface area contributed by atoms with Crippen LogP contribution in [0.3, 0.4) is 0 Å². The van der Waals surface area contributed by atoms with Gasteiger partial charge in [-0.15, -0.1) is 10.2 Å². The molecule has 0 saturated carbocycles. The summed E-state index contributed by atoms with van der Waals surface area (Å²) in [5, 5.41) is 13.6. The Morgan fingerprint density at radius 2 is 2.10 bits per heavy atom. The van der Waals surface area contributed by atoms with Crippen LogP contribution in [0.5, 0.6) is 0 Å². The first-order chi connectivity index (χ1) is 9.72. The predicted molar refractivity (Wildman–Crippen MR) is 78.7 cm³/mol. The highest BCUT2D eigenvalue weighted by atomic mass is 16.1. The van der Waals surface area contributed by atoms with E-state index in [2.05, 4.69) is 32.7 Å². The van der Waals surface area contributed by atoms with Gasteiger partial charge in [-0.3, -0.25) is 4.79 Å². The number of hydrogen-bond donors (Lipinski definition) is 2. The maximum atomic E-state index is 12.0. The number of aromatic nitrogens is 2. The second-order valence-corrected chi connectivity index (χ2v) is 5.14. The monoisotopic (exact) mass is 277 g/mol. The molecular formula is C14H23N5O. The molecule has 1 aliphatic rings. The maximum Gasteiger partial charge on any atom is 0.271 e. The molecule has 1 aliphatic heterocycles. The molecule has 0 aromatic carbocycles. The lowest BCUT2D eigenvalue weighted by Crippen LogP contribution is -2.38. The fourth-order valence-electron chi connectivity index (χ4n) is 2.42. The number of anilines is 1. The van der Waals surface area contributed by atoms with E-state index in [1.807, 2.05) is 0 Å². The Morgan fingerprint density at radius 3 is 2.65 bits per heavy atom. The summed E-state index contributed by atoms with van der Waals surface area (Å²) in [5.74, 6) is 1.10. The average molecular weight is 277 g/mol. The topological polar surface area (TPSA) is 70.2 Å². The van der Waals surface area contributed by atoms with Crippen molar-refractivity contribution in [2.75, 3.05) is 38.5 Å². The van der Waals surface area contributed by atoms with Gasteiger partial charge in [0.05, 0.1) is 0 Å². The number of hydrogen-bond acceptors (Lipinski definition) is 5. The normalized spacial score (nSPS) is 16.9. The first-order valence-electron chi connectivity index (χ1n) is 7.25. The minimum absolute atomic E-state index is 0.141. The van der Waals surface area contributed by atoms with Gasteiger partial charge in [0, 0.05) is 13.6 Å². The van der Waals surface area contributed by atoms with E-state index < -0.39 is 0 Å². The van der Waals surface area contributed by atoms with Crippen LogP contribution in [-0.2, 0) is 0 Å². The molecule has 6 heteroatoms. The molecule has 0 aliphatic carbocycles. The molecule has 0 unspecified atom stereocenters. The van der Waals surface area contributed by atoms with Crippen LogP contribution in [0, 0.1) is 5.92 Å². The zero-order valence-corrected chi connectivity index (χ0v) is 12.2. The quantitative estimate of drug-likeness (QED) is 0.839. The van der Waals surface area contributed by atoms with Gasteiger partial charge in [0.1, 0.15) is 5.82 Å². The summed E-state index contributed by atoms with van der Waals surface area (Å²) in [7, 11) is 1.77. The Balaban J connectivity index is 1.77. The second kappa shape index (κ2) is 7.19. The third-order valence-electron chi connectivity index (χ3n) is 3.86. The third-order valence-corrected chi connectivity index (χ3v) is 3.86. The number of likely N-dealkylation sites (tertiary alicyclic amines) is 1. The molecule has 1 aromatic rings. The molecule has 2 N–H and O–H groups in total. The van der Waals surface area contributed by atoms with Crippen molar-refractivity contribution in [2.24, 2.45) is 5.92 Å². The molecular weight excluding hydrogens is 254 g/mol. The lowest BCUT2D eigenvalue weighted by Gasteiger charge is -2.30. The van der Waals surface area contributed by atoms with Gasteiger partial charge in [-0.25, -0.2) is 0 Å². The van der Waals surface area contributed by atoms with Gasteiger partial charge in [0.2, 0.25) is 0 Å². The number of piperidine rings is 1. The van der Waals surface area contributed by atoms with Crippen molar-refractivity contribution in [1.82, 2.24) is 20.4 Å². The van der Waals surface area contributed by atoms with Gasteiger partial charge < -0.3 is 15.5 Å². The molecule has 0 spiro atoms. The smallest absolute Gasteiger partial charge is 0.271 e. The van der Waals surface area contributed by atoms with Crippen LogP contribution in [0.2, 0.25) is 0 Å². The lowest BCUT2D eigenvalue weighted by atomic mass is 9.97. The Morgan fingerprint density at radius 1 is 1.35 bits per heavy atom. The fraction of sp³-hybridized carbons (Fsp3) is 0.643. The molecule has 110 valence electrons. The van der Waals surface area contributed by atoms with Gasteiger partial charge in [-0.1, -0.05) is 6.92 Å². The molecule has 1 aromatic heterocycles. The van der Waals surface area contributed by atoms with Gasteiger partial charge in [-0.05, 0) is 50.5 Å². The van der Waals surface area contributed by atoms with E-state index in [9.17, 15) is 4.79 Å². The summed E-state index contributed by atoms with van der Waals surface area (Å²) < 4.78 is 0. The average Bonchev–Trinajstić information content (AvgIpc) is 2.53. The summed E-state index contributed by atoms with van der Waals surface area (Å²) in [4.78, 5) is 14.4. The third kappa shape index (κ3) is 3.90. The van der Waals surface area contributed by atoms with Crippen LogP contribution in [0.15, 0.2) is 12.1 Å². The first kappa shape index (κ1) is 14.7. The van der Waals surface area contributed by atoms with Crippen LogP contribution in [-0.4, -0.2) is 54.2 Å². The standard InChI is InChI=1S/C14H23N5O/c1-3-19-8-6-11(7-9-19)10-16-14(20)12-4-5-13(15-2)18-17-12/h4-5,11H,3,6-10H2,1-2H3,(H,15,18)(H,16,20). The summed E-state index contributed by atoms with van der Waals surface area (Å²) in [6.45, 7) is 6.30. The van der Waals surface area contributed by atoms with E-state index in [1.165, 1.54) is 0 Å². The van der Waals surface area contributed by atoms with Gasteiger partial charge in [-0.2, -0.15) is 0 Å². The molecule has 2 heterocycles. The Bertz CT molecular complexity index is 426. The largest absolute Gasteiger partial charge is 0.372 e. The van der Waals surface area contributed by atoms with Crippen LogP contribution >= 0.6 is 0 Å². The summed E-state index contributed by atoms with van der Waals surface area (Å²) >= 11 is 0. The van der Waals surface area contributed by atoms with E-state index in [4.69, 9.17) is 0 Å². The van der Waals surface area contributed by atoms with Crippen molar-refractivity contribution >= 4 is 11.7 Å². The van der Waals surface area contributed by atoms with Crippen molar-refractivity contribution in [2.45, 2.75) is 19.8 Å². The number of carbonyl (C=O) groups excluding carboxylic acids is 1. The predicted octanol–water partition coefficient (Wildman–Crippen LogP) is 0.980. The highest BCUT2D eigenvalue weighted by Crippen LogP contribution is 2.15. The fourth-order valence-corrected chi connectivity index (χ4v) is 2.42. The number of rotatable bonds is 5. The van der Waals surface area contributed by atoms with Crippen LogP contribution in [0.25, 0.3) is 0 Å². The van der Waals surface area contributed by atoms with Crippen LogP contribution in [0.1, 0.15) is 30.3 Å². The molecule has 1 saturated heterocycles. The van der Waals surface area contributed by atoms with E-state index >= 15 is 0 Å². The van der Waals surface area contributed by atoms with E-state index in [1.54, 1.807) is 19.2 Å². The number of carbonyl (C=O) groups is 1. The van der Waals surface area contributed by atoms with E-state index in [-0.39, 0.29) is 5.91 Å². The molecule has 6 nitrogen and oxygen atoms in total. The van der Waals surface area contributed by atoms with Crippen molar-refractivity contribution in [3.05, 3.63) is 17.8 Å². The number of nitrogens with one attached hydrogen (secondary N) is 2. The molecule has 0 atom stereocenters. The zero-order valence-electron chi connectivity index (χ0n) is 12.2. The highest BCUT2D eigenvalue weighted by Gasteiger charge is 2.19. The lowest BCUT2D eigenvalue weighted by molar-refractivity contribution is 0.0931. The Labute approximate surface area is 120 Å². The second-order valence-electron chi connectivity index (χ2n) is 5.14.